The molecule has 2 N–H and O–H groups in total. The van der Waals surface area contributed by atoms with Crippen molar-refractivity contribution < 1.29 is 19.4 Å². The molecular weight excluding hydrogens is 304 g/mol. The average Bonchev–Trinajstić information content (AvgIpc) is 2.95. The molecule has 116 valence electrons. The van der Waals surface area contributed by atoms with Gasteiger partial charge in [0.15, 0.2) is 17.0 Å². The van der Waals surface area contributed by atoms with Crippen molar-refractivity contribution >= 4 is 28.2 Å². The van der Waals surface area contributed by atoms with Crippen molar-refractivity contribution in [1.82, 2.24) is 4.98 Å². The number of aliphatic hydroxyl groups is 1. The summed E-state index contributed by atoms with van der Waals surface area (Å²) in [6, 6.07) is 6.67. The molecule has 1 amide bonds. The number of aliphatic hydroxyl groups excluding tert-OH is 1. The van der Waals surface area contributed by atoms with Gasteiger partial charge in [-0.1, -0.05) is 12.1 Å². The summed E-state index contributed by atoms with van der Waals surface area (Å²) in [7, 11) is 0. The van der Waals surface area contributed by atoms with Gasteiger partial charge in [-0.2, -0.15) is 0 Å². The van der Waals surface area contributed by atoms with Crippen molar-refractivity contribution in [3.8, 4) is 5.75 Å². The van der Waals surface area contributed by atoms with Crippen LogP contribution in [0.4, 0.5) is 5.13 Å². The van der Waals surface area contributed by atoms with Crippen molar-refractivity contribution in [2.24, 2.45) is 0 Å². The van der Waals surface area contributed by atoms with Gasteiger partial charge >= 0.3 is 0 Å². The number of aromatic nitrogens is 1. The fraction of sp³-hybridized carbons (Fsp3) is 0.267. The molecule has 0 aliphatic heterocycles. The van der Waals surface area contributed by atoms with E-state index in [9.17, 15) is 9.59 Å². The normalized spacial score (nSPS) is 11.8. The molecule has 22 heavy (non-hydrogen) atoms. The zero-order valence-corrected chi connectivity index (χ0v) is 13.0. The predicted molar refractivity (Wildman–Crippen MR) is 83.2 cm³/mol. The molecule has 7 heteroatoms. The molecule has 0 aliphatic rings. The van der Waals surface area contributed by atoms with Crippen molar-refractivity contribution in [2.75, 3.05) is 5.32 Å². The number of anilines is 1. The summed E-state index contributed by atoms with van der Waals surface area (Å²) in [6.45, 7) is 2.91. The van der Waals surface area contributed by atoms with Gasteiger partial charge in [-0.25, -0.2) is 4.98 Å². The van der Waals surface area contributed by atoms with E-state index in [1.54, 1.807) is 36.6 Å². The third-order valence-electron chi connectivity index (χ3n) is 2.87. The Morgan fingerprint density at radius 2 is 2.23 bits per heavy atom. The Hall–Kier alpha value is -2.25. The van der Waals surface area contributed by atoms with Crippen LogP contribution in [0.15, 0.2) is 29.6 Å². The lowest BCUT2D eigenvalue weighted by Crippen LogP contribution is -2.30. The van der Waals surface area contributed by atoms with E-state index in [1.807, 2.05) is 0 Å². The topological polar surface area (TPSA) is 88.5 Å². The number of nitrogens with zero attached hydrogens (tertiary/aromatic N) is 1. The van der Waals surface area contributed by atoms with Gasteiger partial charge in [0.2, 0.25) is 0 Å². The second-order valence-corrected chi connectivity index (χ2v) is 5.49. The first kappa shape index (κ1) is 16.1. The van der Waals surface area contributed by atoms with E-state index in [1.165, 1.54) is 18.3 Å². The zero-order valence-electron chi connectivity index (χ0n) is 12.2. The Balaban J connectivity index is 1.99. The van der Waals surface area contributed by atoms with E-state index in [0.717, 1.165) is 0 Å². The third-order valence-corrected chi connectivity index (χ3v) is 3.67. The van der Waals surface area contributed by atoms with Crippen LogP contribution in [0.25, 0.3) is 0 Å². The first-order chi connectivity index (χ1) is 10.5. The molecule has 0 radical (unpaired) electrons. The first-order valence-corrected chi connectivity index (χ1v) is 7.51. The van der Waals surface area contributed by atoms with Gasteiger partial charge < -0.3 is 9.84 Å². The maximum Gasteiger partial charge on any atom is 0.266 e. The van der Waals surface area contributed by atoms with Gasteiger partial charge in [0, 0.05) is 10.9 Å². The summed E-state index contributed by atoms with van der Waals surface area (Å²) in [6.07, 6.45) is -0.747. The first-order valence-electron chi connectivity index (χ1n) is 6.63. The van der Waals surface area contributed by atoms with E-state index < -0.39 is 6.10 Å². The highest BCUT2D eigenvalue weighted by Crippen LogP contribution is 2.18. The Labute approximate surface area is 131 Å². The predicted octanol–water partition coefficient (Wildman–Crippen LogP) is 2.24. The zero-order chi connectivity index (χ0) is 16.1. The number of nitrogens with one attached hydrogen (secondary N) is 1. The van der Waals surface area contributed by atoms with E-state index in [0.29, 0.717) is 22.1 Å². The van der Waals surface area contributed by atoms with Gasteiger partial charge in [-0.3, -0.25) is 14.9 Å². The monoisotopic (exact) mass is 320 g/mol. The Morgan fingerprint density at radius 1 is 1.45 bits per heavy atom. The Bertz CT molecular complexity index is 684. The summed E-state index contributed by atoms with van der Waals surface area (Å²) in [5.41, 5.74) is 1.03. The number of ether oxygens (including phenoxy) is 1. The molecule has 0 fully saturated rings. The number of rotatable bonds is 6. The molecule has 6 nitrogen and oxygen atoms in total. The maximum absolute atomic E-state index is 12.0. The van der Waals surface area contributed by atoms with E-state index in [-0.39, 0.29) is 18.3 Å². The van der Waals surface area contributed by atoms with Crippen LogP contribution in [0.1, 0.15) is 29.9 Å². The number of carbonyl (C=O) groups excluding carboxylic acids is 2. The summed E-state index contributed by atoms with van der Waals surface area (Å²) >= 11 is 1.23. The molecule has 1 atom stereocenters. The molecule has 0 spiro atoms. The summed E-state index contributed by atoms with van der Waals surface area (Å²) < 4.78 is 5.54. The number of Topliss-reactive ketones (excluding diaryl/α,β-unsaturated/α-hetero) is 1. The van der Waals surface area contributed by atoms with Crippen molar-refractivity contribution in [2.45, 2.75) is 26.6 Å². The minimum Gasteiger partial charge on any atom is -0.481 e. The third kappa shape index (κ3) is 4.12. The number of hydrogen-bond acceptors (Lipinski definition) is 6. The fourth-order valence-corrected chi connectivity index (χ4v) is 2.39. The van der Waals surface area contributed by atoms with Crippen molar-refractivity contribution in [3.05, 3.63) is 40.9 Å². The molecule has 1 aromatic carbocycles. The van der Waals surface area contributed by atoms with Crippen LogP contribution in [-0.2, 0) is 11.4 Å². The number of amides is 1. The van der Waals surface area contributed by atoms with Crippen LogP contribution in [0, 0.1) is 0 Å². The highest BCUT2D eigenvalue weighted by molar-refractivity contribution is 7.13. The highest BCUT2D eigenvalue weighted by Gasteiger charge is 2.16. The Kier molecular flexibility index (Phi) is 5.24. The lowest BCUT2D eigenvalue weighted by molar-refractivity contribution is -0.122. The minimum atomic E-state index is -0.747. The molecule has 1 aromatic heterocycles. The molecule has 0 saturated carbocycles. The van der Waals surface area contributed by atoms with Gasteiger partial charge in [-0.15, -0.1) is 11.3 Å². The number of benzene rings is 1. The van der Waals surface area contributed by atoms with Crippen LogP contribution in [0.5, 0.6) is 5.75 Å². The van der Waals surface area contributed by atoms with E-state index in [2.05, 4.69) is 10.3 Å². The number of ketones is 1. The van der Waals surface area contributed by atoms with Crippen LogP contribution in [-0.4, -0.2) is 27.9 Å². The minimum absolute atomic E-state index is 0.0677. The summed E-state index contributed by atoms with van der Waals surface area (Å²) in [4.78, 5) is 27.4. The number of hydrogen-bond donors (Lipinski definition) is 2. The van der Waals surface area contributed by atoms with Crippen molar-refractivity contribution in [3.63, 3.8) is 0 Å². The molecule has 1 unspecified atom stereocenters. The molecule has 0 bridgehead atoms. The fourth-order valence-electron chi connectivity index (χ4n) is 1.69. The molecule has 0 saturated heterocycles. The lowest BCUT2D eigenvalue weighted by atomic mass is 10.1. The molecule has 1 heterocycles. The van der Waals surface area contributed by atoms with Gasteiger partial charge in [0.05, 0.1) is 12.3 Å². The van der Waals surface area contributed by atoms with E-state index >= 15 is 0 Å². The van der Waals surface area contributed by atoms with Crippen LogP contribution < -0.4 is 10.1 Å². The van der Waals surface area contributed by atoms with Crippen LogP contribution in [0.2, 0.25) is 0 Å². The maximum atomic E-state index is 12.0. The molecule has 0 aliphatic carbocycles. The number of carbonyl (C=O) groups is 2. The van der Waals surface area contributed by atoms with Gasteiger partial charge in [-0.05, 0) is 26.0 Å². The largest absolute Gasteiger partial charge is 0.481 e. The number of thiazole rings is 1. The van der Waals surface area contributed by atoms with Crippen molar-refractivity contribution in [1.29, 1.82) is 0 Å². The average molecular weight is 320 g/mol. The second-order valence-electron chi connectivity index (χ2n) is 4.64. The lowest BCUT2D eigenvalue weighted by Gasteiger charge is -2.14. The smallest absolute Gasteiger partial charge is 0.266 e. The van der Waals surface area contributed by atoms with E-state index in [4.69, 9.17) is 9.84 Å². The summed E-state index contributed by atoms with van der Waals surface area (Å²) in [5.74, 6) is 0.0273. The van der Waals surface area contributed by atoms with Crippen LogP contribution >= 0.6 is 11.3 Å². The van der Waals surface area contributed by atoms with Gasteiger partial charge in [0.25, 0.3) is 5.91 Å². The SMILES string of the molecule is CC(=O)c1cccc(OC(C)C(=O)Nc2nc(CO)cs2)c1. The van der Waals surface area contributed by atoms with Gasteiger partial charge in [0.1, 0.15) is 5.75 Å². The Morgan fingerprint density at radius 3 is 2.86 bits per heavy atom. The summed E-state index contributed by atoms with van der Waals surface area (Å²) in [5, 5.41) is 13.6. The molecule has 2 rings (SSSR count). The van der Waals surface area contributed by atoms with Crippen LogP contribution in [0.3, 0.4) is 0 Å². The standard InChI is InChI=1S/C15H16N2O4S/c1-9(19)11-4-3-5-13(6-11)21-10(2)14(20)17-15-16-12(7-18)8-22-15/h3-6,8,10,18H,7H2,1-2H3,(H,16,17,20). The molecule has 2 aromatic rings. The molecular formula is C15H16N2O4S. The quantitative estimate of drug-likeness (QED) is 0.797. The highest BCUT2D eigenvalue weighted by atomic mass is 32.1. The second kappa shape index (κ2) is 7.15.